The molecule has 138 valence electrons. The summed E-state index contributed by atoms with van der Waals surface area (Å²) < 4.78 is 13.1. The molecule has 0 radical (unpaired) electrons. The Kier molecular flexibility index (Phi) is 7.12. The number of benzene rings is 2. The van der Waals surface area contributed by atoms with Crippen molar-refractivity contribution in [3.63, 3.8) is 0 Å². The smallest absolute Gasteiger partial charge is 0.279 e. The van der Waals surface area contributed by atoms with E-state index in [1.165, 1.54) is 18.2 Å². The summed E-state index contributed by atoms with van der Waals surface area (Å²) in [4.78, 5) is 24.9. The number of likely N-dealkylation sites (N-methyl/N-ethyl adjacent to an activating group) is 1. The van der Waals surface area contributed by atoms with Gasteiger partial charge >= 0.3 is 0 Å². The number of hydrogen-bond donors (Lipinski definition) is 3. The summed E-state index contributed by atoms with van der Waals surface area (Å²) in [5.74, 6) is -0.898. The van der Waals surface area contributed by atoms with Crippen molar-refractivity contribution in [2.75, 3.05) is 25.5 Å². The maximum Gasteiger partial charge on any atom is 0.279 e. The highest BCUT2D eigenvalue weighted by Crippen LogP contribution is 2.21. The lowest BCUT2D eigenvalue weighted by Gasteiger charge is -2.18. The van der Waals surface area contributed by atoms with Gasteiger partial charge in [-0.1, -0.05) is 35.9 Å². The van der Waals surface area contributed by atoms with Crippen LogP contribution in [0.2, 0.25) is 5.02 Å². The molecule has 1 unspecified atom stereocenters. The van der Waals surface area contributed by atoms with Crippen molar-refractivity contribution < 1.29 is 18.9 Å². The second-order valence-electron chi connectivity index (χ2n) is 6.18. The largest absolute Gasteiger partial charge is 0.345 e. The highest BCUT2D eigenvalue weighted by atomic mass is 35.5. The van der Waals surface area contributed by atoms with Crippen LogP contribution in [0.15, 0.2) is 48.5 Å². The zero-order valence-corrected chi connectivity index (χ0v) is 15.4. The molecule has 0 aliphatic rings. The van der Waals surface area contributed by atoms with Gasteiger partial charge in [0.25, 0.3) is 11.8 Å². The van der Waals surface area contributed by atoms with Crippen LogP contribution in [-0.4, -0.2) is 32.0 Å². The van der Waals surface area contributed by atoms with Gasteiger partial charge < -0.3 is 15.5 Å². The Morgan fingerprint density at radius 3 is 2.50 bits per heavy atom. The molecule has 7 heteroatoms. The minimum absolute atomic E-state index is 0.0877. The number of nitrogens with one attached hydrogen (secondary N) is 3. The van der Waals surface area contributed by atoms with E-state index in [0.29, 0.717) is 15.6 Å². The van der Waals surface area contributed by atoms with E-state index in [1.54, 1.807) is 19.2 Å². The molecular weight excluding hydrogens is 357 g/mol. The molecule has 0 saturated carbocycles. The third kappa shape index (κ3) is 6.13. The van der Waals surface area contributed by atoms with Crippen molar-refractivity contribution in [1.29, 1.82) is 0 Å². The summed E-state index contributed by atoms with van der Waals surface area (Å²) in [6.07, 6.45) is 0. The lowest BCUT2D eigenvalue weighted by atomic mass is 10.1. The van der Waals surface area contributed by atoms with Crippen LogP contribution in [0.1, 0.15) is 18.5 Å². The van der Waals surface area contributed by atoms with Crippen LogP contribution < -0.4 is 15.5 Å². The molecular formula is C19H22ClFN3O2+. The molecule has 0 aromatic heterocycles. The number of halogens is 2. The molecule has 2 atom stereocenters. The second-order valence-corrected chi connectivity index (χ2v) is 6.59. The van der Waals surface area contributed by atoms with Gasteiger partial charge in [0.2, 0.25) is 0 Å². The molecule has 0 heterocycles. The molecule has 0 aliphatic carbocycles. The first kappa shape index (κ1) is 19.9. The molecule has 2 amide bonds. The maximum atomic E-state index is 13.1. The minimum Gasteiger partial charge on any atom is -0.345 e. The van der Waals surface area contributed by atoms with Crippen molar-refractivity contribution in [3.8, 4) is 0 Å². The van der Waals surface area contributed by atoms with Crippen LogP contribution in [-0.2, 0) is 9.59 Å². The molecule has 0 fully saturated rings. The number of amides is 2. The first-order valence-corrected chi connectivity index (χ1v) is 8.63. The molecule has 3 N–H and O–H groups in total. The maximum absolute atomic E-state index is 13.1. The lowest BCUT2D eigenvalue weighted by Crippen LogP contribution is -3.11. The second kappa shape index (κ2) is 9.31. The zero-order chi connectivity index (χ0) is 19.1. The average molecular weight is 379 g/mol. The third-order valence-electron chi connectivity index (χ3n) is 3.78. The van der Waals surface area contributed by atoms with E-state index in [1.807, 2.05) is 25.1 Å². The van der Waals surface area contributed by atoms with E-state index < -0.39 is 5.82 Å². The highest BCUT2D eigenvalue weighted by molar-refractivity contribution is 6.31. The van der Waals surface area contributed by atoms with Crippen LogP contribution in [0, 0.1) is 5.82 Å². The molecule has 26 heavy (non-hydrogen) atoms. The molecule has 2 aromatic rings. The van der Waals surface area contributed by atoms with Crippen LogP contribution in [0.3, 0.4) is 0 Å². The number of carbonyl (C=O) groups is 2. The van der Waals surface area contributed by atoms with Gasteiger partial charge in [-0.05, 0) is 36.8 Å². The van der Waals surface area contributed by atoms with Gasteiger partial charge in [-0.2, -0.15) is 0 Å². The van der Waals surface area contributed by atoms with Crippen LogP contribution in [0.4, 0.5) is 10.1 Å². The van der Waals surface area contributed by atoms with E-state index >= 15 is 0 Å². The number of hydrogen-bond acceptors (Lipinski definition) is 2. The van der Waals surface area contributed by atoms with Crippen molar-refractivity contribution in [2.24, 2.45) is 0 Å². The van der Waals surface area contributed by atoms with Gasteiger partial charge in [0.05, 0.1) is 13.1 Å². The van der Waals surface area contributed by atoms with Gasteiger partial charge in [-0.25, -0.2) is 4.39 Å². The topological polar surface area (TPSA) is 62.6 Å². The van der Waals surface area contributed by atoms with Gasteiger partial charge in [-0.3, -0.25) is 9.59 Å². The number of carbonyl (C=O) groups excluding carboxylic acids is 2. The SMILES string of the molecule is C[C@@H](NC(=O)C[NH+](C)CC(=O)Nc1cccc(F)c1)c1ccccc1Cl. The summed E-state index contributed by atoms with van der Waals surface area (Å²) in [5, 5.41) is 6.08. The highest BCUT2D eigenvalue weighted by Gasteiger charge is 2.17. The van der Waals surface area contributed by atoms with Crippen molar-refractivity contribution in [3.05, 3.63) is 64.9 Å². The summed E-state index contributed by atoms with van der Waals surface area (Å²) in [5.41, 5.74) is 1.23. The van der Waals surface area contributed by atoms with E-state index in [0.717, 1.165) is 5.56 Å². The van der Waals surface area contributed by atoms with Crippen LogP contribution in [0.5, 0.6) is 0 Å². The van der Waals surface area contributed by atoms with Gasteiger partial charge in [0, 0.05) is 10.7 Å². The fraction of sp³-hybridized carbons (Fsp3) is 0.263. The lowest BCUT2D eigenvalue weighted by molar-refractivity contribution is -0.862. The summed E-state index contributed by atoms with van der Waals surface area (Å²) in [6, 6.07) is 12.8. The first-order valence-electron chi connectivity index (χ1n) is 8.25. The monoisotopic (exact) mass is 378 g/mol. The van der Waals surface area contributed by atoms with Gasteiger partial charge in [0.15, 0.2) is 13.1 Å². The normalized spacial score (nSPS) is 12.9. The molecule has 0 bridgehead atoms. The first-order chi connectivity index (χ1) is 12.3. The number of rotatable bonds is 7. The Balaban J connectivity index is 1.81. The Hall–Kier alpha value is -2.44. The number of quaternary nitrogens is 1. The Morgan fingerprint density at radius 1 is 1.12 bits per heavy atom. The van der Waals surface area contributed by atoms with Gasteiger partial charge in [0.1, 0.15) is 5.82 Å². The molecule has 0 aliphatic heterocycles. The molecule has 0 saturated heterocycles. The minimum atomic E-state index is -0.420. The van der Waals surface area contributed by atoms with E-state index in [4.69, 9.17) is 11.6 Å². The summed E-state index contributed by atoms with van der Waals surface area (Å²) in [7, 11) is 1.74. The zero-order valence-electron chi connectivity index (χ0n) is 14.7. The van der Waals surface area contributed by atoms with Crippen molar-refractivity contribution in [2.45, 2.75) is 13.0 Å². The fourth-order valence-electron chi connectivity index (χ4n) is 2.58. The van der Waals surface area contributed by atoms with Gasteiger partial charge in [-0.15, -0.1) is 0 Å². The molecule has 2 rings (SSSR count). The standard InChI is InChI=1S/C19H21ClFN3O2/c1-13(16-8-3-4-9-17(16)20)22-18(25)11-24(2)12-19(26)23-15-7-5-6-14(21)10-15/h3-10,13H,11-12H2,1-2H3,(H,22,25)(H,23,26)/p+1/t13-/m1/s1. The Morgan fingerprint density at radius 2 is 1.81 bits per heavy atom. The average Bonchev–Trinajstić information content (AvgIpc) is 2.54. The van der Waals surface area contributed by atoms with E-state index in [-0.39, 0.29) is 30.9 Å². The molecule has 0 spiro atoms. The van der Waals surface area contributed by atoms with Crippen LogP contribution >= 0.6 is 11.6 Å². The Labute approximate surface area is 157 Å². The fourth-order valence-corrected chi connectivity index (χ4v) is 2.88. The quantitative estimate of drug-likeness (QED) is 0.688. The molecule has 2 aromatic carbocycles. The summed E-state index contributed by atoms with van der Waals surface area (Å²) >= 11 is 6.13. The number of anilines is 1. The predicted octanol–water partition coefficient (Wildman–Crippen LogP) is 1.81. The van der Waals surface area contributed by atoms with Crippen molar-refractivity contribution in [1.82, 2.24) is 5.32 Å². The third-order valence-corrected chi connectivity index (χ3v) is 4.13. The Bertz CT molecular complexity index is 785. The van der Waals surface area contributed by atoms with Crippen LogP contribution in [0.25, 0.3) is 0 Å². The van der Waals surface area contributed by atoms with E-state index in [9.17, 15) is 14.0 Å². The molecule has 5 nitrogen and oxygen atoms in total. The van der Waals surface area contributed by atoms with Crippen molar-refractivity contribution >= 4 is 29.1 Å². The summed E-state index contributed by atoms with van der Waals surface area (Å²) in [6.45, 7) is 2.07. The predicted molar refractivity (Wildman–Crippen MR) is 99.7 cm³/mol. The van der Waals surface area contributed by atoms with E-state index in [2.05, 4.69) is 10.6 Å².